The summed E-state index contributed by atoms with van der Waals surface area (Å²) in [7, 11) is 0. The number of imide groups is 1. The highest BCUT2D eigenvalue weighted by molar-refractivity contribution is 5.95. The summed E-state index contributed by atoms with van der Waals surface area (Å²) in [5.41, 5.74) is 0. The first-order valence-electron chi connectivity index (χ1n) is 9.00. The second-order valence-corrected chi connectivity index (χ2v) is 7.17. The molecule has 3 N–H and O–H groups in total. The molecule has 0 bridgehead atoms. The molecule has 140 valence electrons. The fourth-order valence-electron chi connectivity index (χ4n) is 3.16. The van der Waals surface area contributed by atoms with E-state index in [0.29, 0.717) is 17.6 Å². The Morgan fingerprint density at radius 3 is 2.60 bits per heavy atom. The third-order valence-corrected chi connectivity index (χ3v) is 4.64. The number of aromatic nitrogens is 2. The Bertz CT molecular complexity index is 587. The van der Waals surface area contributed by atoms with Gasteiger partial charge in [0.05, 0.1) is 12.6 Å². The van der Waals surface area contributed by atoms with Gasteiger partial charge >= 0.3 is 6.03 Å². The lowest BCUT2D eigenvalue weighted by Gasteiger charge is -2.29. The maximum Gasteiger partial charge on any atom is 0.321 e. The molecular formula is C17H29N5O3. The van der Waals surface area contributed by atoms with Gasteiger partial charge in [-0.3, -0.25) is 15.4 Å². The normalized spacial score (nSPS) is 21.8. The first-order valence-corrected chi connectivity index (χ1v) is 9.00. The van der Waals surface area contributed by atoms with E-state index < -0.39 is 6.03 Å². The SMILES string of the molecule is Cc1noc(C(NCC(=O)NC(=O)NC2CCCCC2C)C(C)C)n1. The van der Waals surface area contributed by atoms with Crippen LogP contribution in [0.3, 0.4) is 0 Å². The summed E-state index contributed by atoms with van der Waals surface area (Å²) >= 11 is 0. The molecule has 3 atom stereocenters. The number of amides is 3. The zero-order valence-corrected chi connectivity index (χ0v) is 15.5. The van der Waals surface area contributed by atoms with Crippen molar-refractivity contribution in [2.75, 3.05) is 6.54 Å². The quantitative estimate of drug-likeness (QED) is 0.724. The zero-order chi connectivity index (χ0) is 18.4. The van der Waals surface area contributed by atoms with E-state index >= 15 is 0 Å². The number of aryl methyl sites for hydroxylation is 1. The van der Waals surface area contributed by atoms with Crippen LogP contribution in [0.1, 0.15) is 64.2 Å². The van der Waals surface area contributed by atoms with Crippen LogP contribution in [0.5, 0.6) is 0 Å². The predicted molar refractivity (Wildman–Crippen MR) is 92.7 cm³/mol. The second kappa shape index (κ2) is 8.94. The van der Waals surface area contributed by atoms with Crippen molar-refractivity contribution >= 4 is 11.9 Å². The minimum atomic E-state index is -0.430. The maximum absolute atomic E-state index is 12.0. The van der Waals surface area contributed by atoms with E-state index in [1.807, 2.05) is 13.8 Å². The van der Waals surface area contributed by atoms with Crippen LogP contribution in [0.15, 0.2) is 4.52 Å². The van der Waals surface area contributed by atoms with Crippen molar-refractivity contribution in [1.29, 1.82) is 0 Å². The van der Waals surface area contributed by atoms with Crippen molar-refractivity contribution in [2.24, 2.45) is 11.8 Å². The molecule has 2 rings (SSSR count). The molecule has 3 amide bonds. The third kappa shape index (κ3) is 5.81. The maximum atomic E-state index is 12.0. The zero-order valence-electron chi connectivity index (χ0n) is 15.5. The Morgan fingerprint density at radius 2 is 2.00 bits per heavy atom. The van der Waals surface area contributed by atoms with Gasteiger partial charge in [-0.15, -0.1) is 0 Å². The number of rotatable bonds is 6. The second-order valence-electron chi connectivity index (χ2n) is 7.17. The smallest absolute Gasteiger partial charge is 0.321 e. The van der Waals surface area contributed by atoms with Crippen LogP contribution in [-0.2, 0) is 4.79 Å². The van der Waals surface area contributed by atoms with Crippen LogP contribution in [0.4, 0.5) is 4.79 Å². The van der Waals surface area contributed by atoms with Crippen LogP contribution in [0.25, 0.3) is 0 Å². The van der Waals surface area contributed by atoms with E-state index in [1.165, 1.54) is 6.42 Å². The molecule has 1 aliphatic rings. The van der Waals surface area contributed by atoms with Crippen LogP contribution in [-0.4, -0.2) is 34.7 Å². The molecule has 1 aromatic rings. The number of carbonyl (C=O) groups excluding carboxylic acids is 2. The molecule has 1 fully saturated rings. The standard InChI is InChI=1S/C17H29N5O3/c1-10(2)15(16-19-12(4)22-25-16)18-9-14(23)21-17(24)20-13-8-6-5-7-11(13)3/h10-11,13,15,18H,5-9H2,1-4H3,(H2,20,21,23,24). The summed E-state index contributed by atoms with van der Waals surface area (Å²) in [5.74, 6) is 1.21. The van der Waals surface area contributed by atoms with Gasteiger partial charge < -0.3 is 9.84 Å². The number of hydrogen-bond acceptors (Lipinski definition) is 6. The molecular weight excluding hydrogens is 322 g/mol. The van der Waals surface area contributed by atoms with Crippen LogP contribution >= 0.6 is 0 Å². The first-order chi connectivity index (χ1) is 11.9. The predicted octanol–water partition coefficient (Wildman–Crippen LogP) is 2.07. The van der Waals surface area contributed by atoms with Gasteiger partial charge in [-0.25, -0.2) is 4.79 Å². The summed E-state index contributed by atoms with van der Waals surface area (Å²) in [6.07, 6.45) is 4.40. The first kappa shape index (κ1) is 19.4. The highest BCUT2D eigenvalue weighted by atomic mass is 16.5. The highest BCUT2D eigenvalue weighted by Crippen LogP contribution is 2.23. The lowest BCUT2D eigenvalue weighted by atomic mass is 9.86. The molecule has 0 aromatic carbocycles. The monoisotopic (exact) mass is 351 g/mol. The van der Waals surface area contributed by atoms with Crippen LogP contribution < -0.4 is 16.0 Å². The number of urea groups is 1. The summed E-state index contributed by atoms with van der Waals surface area (Å²) in [5, 5.41) is 12.1. The molecule has 1 saturated carbocycles. The van der Waals surface area contributed by atoms with Gasteiger partial charge in [-0.1, -0.05) is 38.8 Å². The van der Waals surface area contributed by atoms with Crippen LogP contribution in [0, 0.1) is 18.8 Å². The number of nitrogens with zero attached hydrogens (tertiary/aromatic N) is 2. The van der Waals surface area contributed by atoms with E-state index in [4.69, 9.17) is 4.52 Å². The van der Waals surface area contributed by atoms with Crippen molar-refractivity contribution in [3.63, 3.8) is 0 Å². The number of carbonyl (C=O) groups is 2. The molecule has 0 spiro atoms. The lowest BCUT2D eigenvalue weighted by Crippen LogP contribution is -2.49. The average Bonchev–Trinajstić information content (AvgIpc) is 2.95. The van der Waals surface area contributed by atoms with E-state index in [9.17, 15) is 9.59 Å². The van der Waals surface area contributed by atoms with Crippen molar-refractivity contribution < 1.29 is 14.1 Å². The summed E-state index contributed by atoms with van der Waals surface area (Å²) in [4.78, 5) is 28.3. The Balaban J connectivity index is 1.79. The molecule has 0 aliphatic heterocycles. The van der Waals surface area contributed by atoms with Crippen molar-refractivity contribution in [3.05, 3.63) is 11.7 Å². The molecule has 1 aromatic heterocycles. The fourth-order valence-corrected chi connectivity index (χ4v) is 3.16. The van der Waals surface area contributed by atoms with Crippen molar-refractivity contribution in [1.82, 2.24) is 26.1 Å². The molecule has 1 aliphatic carbocycles. The molecule has 0 radical (unpaired) electrons. The van der Waals surface area contributed by atoms with Crippen LogP contribution in [0.2, 0.25) is 0 Å². The van der Waals surface area contributed by atoms with E-state index in [-0.39, 0.29) is 30.5 Å². The molecule has 0 saturated heterocycles. The highest BCUT2D eigenvalue weighted by Gasteiger charge is 2.25. The fraction of sp³-hybridized carbons (Fsp3) is 0.765. The van der Waals surface area contributed by atoms with E-state index in [1.54, 1.807) is 6.92 Å². The molecule has 1 heterocycles. The molecule has 25 heavy (non-hydrogen) atoms. The topological polar surface area (TPSA) is 109 Å². The van der Waals surface area contributed by atoms with Gasteiger partial charge in [-0.2, -0.15) is 4.98 Å². The van der Waals surface area contributed by atoms with Crippen molar-refractivity contribution in [3.8, 4) is 0 Å². The van der Waals surface area contributed by atoms with Gasteiger partial charge in [-0.05, 0) is 31.6 Å². The van der Waals surface area contributed by atoms with Gasteiger partial charge in [0.1, 0.15) is 0 Å². The molecule has 8 heteroatoms. The number of hydrogen-bond donors (Lipinski definition) is 3. The largest absolute Gasteiger partial charge is 0.338 e. The Morgan fingerprint density at radius 1 is 1.28 bits per heavy atom. The van der Waals surface area contributed by atoms with Gasteiger partial charge in [0.25, 0.3) is 0 Å². The van der Waals surface area contributed by atoms with Gasteiger partial charge in [0.15, 0.2) is 5.82 Å². The minimum absolute atomic E-state index is 0.00207. The van der Waals surface area contributed by atoms with Gasteiger partial charge in [0.2, 0.25) is 11.8 Å². The average molecular weight is 351 g/mol. The summed E-state index contributed by atoms with van der Waals surface area (Å²) < 4.78 is 5.18. The lowest BCUT2D eigenvalue weighted by molar-refractivity contribution is -0.119. The Hall–Kier alpha value is -1.96. The Kier molecular flexibility index (Phi) is 6.92. The summed E-state index contributed by atoms with van der Waals surface area (Å²) in [6, 6.07) is -0.534. The Labute approximate surface area is 148 Å². The number of nitrogens with one attached hydrogen (secondary N) is 3. The van der Waals surface area contributed by atoms with E-state index in [0.717, 1.165) is 19.3 Å². The van der Waals surface area contributed by atoms with Crippen molar-refractivity contribution in [2.45, 2.75) is 65.5 Å². The molecule has 3 unspecified atom stereocenters. The van der Waals surface area contributed by atoms with E-state index in [2.05, 4.69) is 33.0 Å². The minimum Gasteiger partial charge on any atom is -0.338 e. The summed E-state index contributed by atoms with van der Waals surface area (Å²) in [6.45, 7) is 7.86. The van der Waals surface area contributed by atoms with Gasteiger partial charge in [0, 0.05) is 6.04 Å². The third-order valence-electron chi connectivity index (χ3n) is 4.64. The molecule has 8 nitrogen and oxygen atoms in total.